The van der Waals surface area contributed by atoms with Gasteiger partial charge in [-0.15, -0.1) is 0 Å². The molecule has 11 heteroatoms. The summed E-state index contributed by atoms with van der Waals surface area (Å²) >= 11 is 6.37. The molecule has 1 amide bonds. The average molecular weight is 556 g/mol. The van der Waals surface area contributed by atoms with Crippen LogP contribution in [0.4, 0.5) is 4.39 Å². The van der Waals surface area contributed by atoms with Gasteiger partial charge in [0.15, 0.2) is 5.60 Å². The molecule has 6 rings (SSSR count). The molecular formula is C28H27ClFN3O6. The van der Waals surface area contributed by atoms with E-state index >= 15 is 0 Å². The number of halogens is 2. The molecule has 3 atom stereocenters. The van der Waals surface area contributed by atoms with Crippen LogP contribution in [0.2, 0.25) is 5.02 Å². The van der Waals surface area contributed by atoms with Crippen LogP contribution in [0.1, 0.15) is 73.4 Å². The normalized spacial score (nSPS) is 21.7. The highest BCUT2D eigenvalue weighted by Crippen LogP contribution is 2.46. The second kappa shape index (κ2) is 9.11. The number of esters is 1. The number of nitrogens with one attached hydrogen (secondary N) is 1. The molecule has 2 unspecified atom stereocenters. The van der Waals surface area contributed by atoms with E-state index in [0.29, 0.717) is 58.2 Å². The second-order valence-corrected chi connectivity index (χ2v) is 11.0. The Morgan fingerprint density at radius 1 is 1.33 bits per heavy atom. The molecule has 3 aromatic rings. The fourth-order valence-corrected chi connectivity index (χ4v) is 6.53. The van der Waals surface area contributed by atoms with E-state index in [9.17, 15) is 29.0 Å². The fraction of sp³-hybridized carbons (Fsp3) is 0.429. The van der Waals surface area contributed by atoms with E-state index < -0.39 is 35.1 Å². The minimum atomic E-state index is -1.96. The number of ether oxygens (including phenoxy) is 1. The van der Waals surface area contributed by atoms with Gasteiger partial charge >= 0.3 is 5.97 Å². The summed E-state index contributed by atoms with van der Waals surface area (Å²) in [5.41, 5.74) is 1.15. The number of aromatic nitrogens is 2. The summed E-state index contributed by atoms with van der Waals surface area (Å²) in [7, 11) is 0. The first-order chi connectivity index (χ1) is 18.5. The lowest BCUT2D eigenvalue weighted by Crippen LogP contribution is -2.44. The first-order valence-electron chi connectivity index (χ1n) is 13.0. The van der Waals surface area contributed by atoms with Crippen LogP contribution in [-0.4, -0.2) is 37.7 Å². The standard InChI is InChI=1S/C28H27ClFN3O6/c1-3-6-28(38)16-8-20-25-14(10-33(20)26(36)15(16)11-39-27(28)37)23-18(31-21(35)7-12(2)34)5-4-13-22(23)19(32-25)9-17(30)24(13)29/h8-9,12,18,34,38H,3-7,10-11H2,1-2H3,(H,31,35)/t12?,18?,28-/m0/s1. The Labute approximate surface area is 227 Å². The van der Waals surface area contributed by atoms with E-state index in [1.165, 1.54) is 17.6 Å². The number of nitrogens with zero attached hydrogens (tertiary/aromatic N) is 2. The highest BCUT2D eigenvalue weighted by Gasteiger charge is 2.46. The van der Waals surface area contributed by atoms with Crippen LogP contribution < -0.4 is 10.9 Å². The van der Waals surface area contributed by atoms with Crippen molar-refractivity contribution in [2.75, 3.05) is 0 Å². The fourth-order valence-electron chi connectivity index (χ4n) is 6.28. The zero-order valence-electron chi connectivity index (χ0n) is 21.4. The summed E-state index contributed by atoms with van der Waals surface area (Å²) in [6.07, 6.45) is 0.492. The number of aliphatic hydroxyl groups is 2. The SMILES string of the molecule is CCC[C@@]1(O)C(=O)OCc2c1cc1n(c2=O)Cc2c-1nc1cc(F)c(Cl)c3c1c2C(NC(=O)CC(C)O)CC3. The van der Waals surface area contributed by atoms with Crippen molar-refractivity contribution in [1.29, 1.82) is 0 Å². The number of fused-ring (bicyclic) bond motifs is 5. The molecule has 0 saturated heterocycles. The third-order valence-electron chi connectivity index (χ3n) is 7.96. The Morgan fingerprint density at radius 3 is 2.82 bits per heavy atom. The van der Waals surface area contributed by atoms with Gasteiger partial charge in [0, 0.05) is 22.6 Å². The van der Waals surface area contributed by atoms with Gasteiger partial charge in [-0.3, -0.25) is 9.59 Å². The lowest BCUT2D eigenvalue weighted by Gasteiger charge is -2.32. The number of amides is 1. The lowest BCUT2D eigenvalue weighted by atomic mass is 9.83. The molecule has 3 aliphatic rings. The molecule has 0 radical (unpaired) electrons. The maximum atomic E-state index is 14.9. The molecule has 0 fully saturated rings. The predicted octanol–water partition coefficient (Wildman–Crippen LogP) is 3.14. The van der Waals surface area contributed by atoms with Crippen molar-refractivity contribution >= 4 is 34.4 Å². The van der Waals surface area contributed by atoms with Crippen molar-refractivity contribution in [3.05, 3.63) is 61.1 Å². The molecule has 9 nitrogen and oxygen atoms in total. The zero-order valence-corrected chi connectivity index (χ0v) is 22.2. The number of aryl methyl sites for hydroxylation is 1. The van der Waals surface area contributed by atoms with Gasteiger partial charge in [0.05, 0.1) is 52.6 Å². The number of benzene rings is 1. The van der Waals surface area contributed by atoms with Crippen LogP contribution in [0.15, 0.2) is 16.9 Å². The molecule has 2 aliphatic heterocycles. The molecule has 2 aromatic heterocycles. The molecular weight excluding hydrogens is 529 g/mol. The van der Waals surface area contributed by atoms with Crippen LogP contribution in [0.25, 0.3) is 22.3 Å². The maximum absolute atomic E-state index is 14.9. The summed E-state index contributed by atoms with van der Waals surface area (Å²) in [5, 5.41) is 24.7. The van der Waals surface area contributed by atoms with Crippen LogP contribution in [-0.2, 0) is 39.5 Å². The monoisotopic (exact) mass is 555 g/mol. The van der Waals surface area contributed by atoms with Crippen molar-refractivity contribution in [3.63, 3.8) is 0 Å². The van der Waals surface area contributed by atoms with Gasteiger partial charge in [-0.05, 0) is 43.4 Å². The summed E-state index contributed by atoms with van der Waals surface area (Å²) in [4.78, 5) is 43.8. The van der Waals surface area contributed by atoms with E-state index in [0.717, 1.165) is 0 Å². The third-order valence-corrected chi connectivity index (χ3v) is 8.37. The minimum Gasteiger partial charge on any atom is -0.458 e. The highest BCUT2D eigenvalue weighted by atomic mass is 35.5. The van der Waals surface area contributed by atoms with Gasteiger partial charge in [0.25, 0.3) is 5.56 Å². The van der Waals surface area contributed by atoms with Gasteiger partial charge in [0.1, 0.15) is 12.4 Å². The van der Waals surface area contributed by atoms with E-state index in [1.807, 2.05) is 6.92 Å². The average Bonchev–Trinajstić information content (AvgIpc) is 3.24. The largest absolute Gasteiger partial charge is 0.458 e. The summed E-state index contributed by atoms with van der Waals surface area (Å²) < 4.78 is 21.6. The molecule has 4 heterocycles. The Morgan fingerprint density at radius 2 is 2.10 bits per heavy atom. The smallest absolute Gasteiger partial charge is 0.343 e. The van der Waals surface area contributed by atoms with Crippen LogP contribution >= 0.6 is 11.6 Å². The van der Waals surface area contributed by atoms with Crippen molar-refractivity contribution < 1.29 is 28.9 Å². The van der Waals surface area contributed by atoms with E-state index in [1.54, 1.807) is 6.07 Å². The first kappa shape index (κ1) is 25.9. The molecule has 39 heavy (non-hydrogen) atoms. The van der Waals surface area contributed by atoms with Crippen molar-refractivity contribution in [2.24, 2.45) is 0 Å². The zero-order chi connectivity index (χ0) is 27.8. The summed E-state index contributed by atoms with van der Waals surface area (Å²) in [6.45, 7) is 3.23. The number of cyclic esters (lactones) is 1. The molecule has 0 spiro atoms. The number of hydrogen-bond acceptors (Lipinski definition) is 7. The van der Waals surface area contributed by atoms with Crippen LogP contribution in [0.3, 0.4) is 0 Å². The summed E-state index contributed by atoms with van der Waals surface area (Å²) in [6, 6.07) is 2.38. The van der Waals surface area contributed by atoms with Gasteiger partial charge in [-0.2, -0.15) is 0 Å². The van der Waals surface area contributed by atoms with Gasteiger partial charge < -0.3 is 24.8 Å². The number of hydrogen-bond donors (Lipinski definition) is 3. The Hall–Kier alpha value is -3.34. The lowest BCUT2D eigenvalue weighted by molar-refractivity contribution is -0.172. The van der Waals surface area contributed by atoms with E-state index in [4.69, 9.17) is 21.3 Å². The van der Waals surface area contributed by atoms with Crippen molar-refractivity contribution in [3.8, 4) is 11.4 Å². The van der Waals surface area contributed by atoms with Crippen LogP contribution in [0.5, 0.6) is 0 Å². The molecule has 0 bridgehead atoms. The Bertz CT molecular complexity index is 1650. The topological polar surface area (TPSA) is 131 Å². The van der Waals surface area contributed by atoms with Crippen LogP contribution in [0, 0.1) is 5.82 Å². The Balaban J connectivity index is 1.60. The maximum Gasteiger partial charge on any atom is 0.343 e. The third kappa shape index (κ3) is 3.80. The van der Waals surface area contributed by atoms with Gasteiger partial charge in [-0.1, -0.05) is 24.9 Å². The number of carbonyl (C=O) groups is 2. The number of carbonyl (C=O) groups excluding carboxylic acids is 2. The predicted molar refractivity (Wildman–Crippen MR) is 140 cm³/mol. The molecule has 1 aromatic carbocycles. The quantitative estimate of drug-likeness (QED) is 0.322. The molecule has 1 aliphatic carbocycles. The highest BCUT2D eigenvalue weighted by molar-refractivity contribution is 6.32. The van der Waals surface area contributed by atoms with Gasteiger partial charge in [-0.25, -0.2) is 14.2 Å². The minimum absolute atomic E-state index is 0.00249. The second-order valence-electron chi connectivity index (χ2n) is 10.6. The van der Waals surface area contributed by atoms with Crippen molar-refractivity contribution in [2.45, 2.75) is 76.9 Å². The van der Waals surface area contributed by atoms with Crippen molar-refractivity contribution in [1.82, 2.24) is 14.9 Å². The number of rotatable bonds is 5. The molecule has 0 saturated carbocycles. The van der Waals surface area contributed by atoms with E-state index in [-0.39, 0.29) is 48.0 Å². The summed E-state index contributed by atoms with van der Waals surface area (Å²) in [5.74, 6) is -1.76. The Kier molecular flexibility index (Phi) is 6.05. The molecule has 204 valence electrons. The molecule has 3 N–H and O–H groups in total. The van der Waals surface area contributed by atoms with E-state index in [2.05, 4.69) is 5.32 Å². The first-order valence-corrected chi connectivity index (χ1v) is 13.4. The van der Waals surface area contributed by atoms with Gasteiger partial charge in [0.2, 0.25) is 5.91 Å². The number of aliphatic hydroxyl groups excluding tert-OH is 1. The number of pyridine rings is 2.